The van der Waals surface area contributed by atoms with Gasteiger partial charge in [0.25, 0.3) is 0 Å². The highest BCUT2D eigenvalue weighted by Crippen LogP contribution is 2.24. The number of benzene rings is 3. The van der Waals surface area contributed by atoms with Gasteiger partial charge in [-0.25, -0.2) is 14.4 Å². The van der Waals surface area contributed by atoms with E-state index >= 15 is 0 Å². The maximum atomic E-state index is 12.7. The van der Waals surface area contributed by atoms with Gasteiger partial charge in [-0.3, -0.25) is 0 Å². The molecule has 3 aromatic rings. The molecular formula is C39H50O8. The van der Waals surface area contributed by atoms with Gasteiger partial charge >= 0.3 is 17.9 Å². The molecule has 0 amide bonds. The van der Waals surface area contributed by atoms with Crippen LogP contribution in [0.25, 0.3) is 11.1 Å². The molecule has 0 radical (unpaired) electrons. The molecule has 0 saturated carbocycles. The van der Waals surface area contributed by atoms with Crippen LogP contribution in [0.5, 0.6) is 11.5 Å². The molecule has 0 saturated heterocycles. The molecule has 0 aliphatic carbocycles. The molecule has 8 nitrogen and oxygen atoms in total. The first-order valence-corrected chi connectivity index (χ1v) is 17.0. The molecule has 254 valence electrons. The molecule has 0 heterocycles. The van der Waals surface area contributed by atoms with E-state index in [2.05, 4.69) is 13.8 Å². The number of unbranched alkanes of at least 4 members (excludes halogenated alkanes) is 8. The van der Waals surface area contributed by atoms with Gasteiger partial charge in [0.15, 0.2) is 6.10 Å². The molecule has 0 aliphatic rings. The van der Waals surface area contributed by atoms with Crippen LogP contribution in [0.3, 0.4) is 0 Å². The molecule has 47 heavy (non-hydrogen) atoms. The van der Waals surface area contributed by atoms with Gasteiger partial charge in [-0.1, -0.05) is 89.5 Å². The number of hydrogen-bond acceptors (Lipinski definition) is 8. The van der Waals surface area contributed by atoms with Crippen molar-refractivity contribution in [3.8, 4) is 22.6 Å². The van der Waals surface area contributed by atoms with Gasteiger partial charge < -0.3 is 23.7 Å². The number of ether oxygens (including phenoxy) is 5. The average molecular weight is 647 g/mol. The van der Waals surface area contributed by atoms with E-state index in [1.54, 1.807) is 12.1 Å². The fourth-order valence-electron chi connectivity index (χ4n) is 4.74. The lowest BCUT2D eigenvalue weighted by molar-refractivity contribution is -0.154. The third-order valence-electron chi connectivity index (χ3n) is 7.61. The smallest absolute Gasteiger partial charge is 0.347 e. The Morgan fingerprint density at radius 2 is 1.09 bits per heavy atom. The summed E-state index contributed by atoms with van der Waals surface area (Å²) in [7, 11) is 0. The zero-order valence-corrected chi connectivity index (χ0v) is 28.2. The van der Waals surface area contributed by atoms with Gasteiger partial charge in [0.05, 0.1) is 24.3 Å². The van der Waals surface area contributed by atoms with E-state index in [4.69, 9.17) is 23.7 Å². The first kappa shape index (κ1) is 37.3. The molecule has 0 fully saturated rings. The van der Waals surface area contributed by atoms with Crippen LogP contribution in [-0.2, 0) is 19.0 Å². The zero-order chi connectivity index (χ0) is 33.7. The second kappa shape index (κ2) is 21.6. The minimum atomic E-state index is -1.07. The molecule has 1 unspecified atom stereocenters. The predicted molar refractivity (Wildman–Crippen MR) is 183 cm³/mol. The summed E-state index contributed by atoms with van der Waals surface area (Å²) in [5.41, 5.74) is 2.59. The minimum Gasteiger partial charge on any atom is -0.494 e. The predicted octanol–water partition coefficient (Wildman–Crippen LogP) is 9.00. The first-order chi connectivity index (χ1) is 22.9. The van der Waals surface area contributed by atoms with Crippen molar-refractivity contribution in [3.63, 3.8) is 0 Å². The van der Waals surface area contributed by atoms with Crippen molar-refractivity contribution in [2.45, 2.75) is 91.1 Å². The van der Waals surface area contributed by atoms with Gasteiger partial charge in [0.1, 0.15) is 18.1 Å². The highest BCUT2D eigenvalue weighted by Gasteiger charge is 2.20. The van der Waals surface area contributed by atoms with Crippen LogP contribution >= 0.6 is 0 Å². The molecular weight excluding hydrogens is 596 g/mol. The number of carbonyl (C=O) groups excluding carboxylic acids is 3. The van der Waals surface area contributed by atoms with E-state index in [9.17, 15) is 14.4 Å². The summed E-state index contributed by atoms with van der Waals surface area (Å²) in [4.78, 5) is 37.3. The van der Waals surface area contributed by atoms with Crippen LogP contribution < -0.4 is 9.47 Å². The zero-order valence-electron chi connectivity index (χ0n) is 28.2. The summed E-state index contributed by atoms with van der Waals surface area (Å²) >= 11 is 0. The minimum absolute atomic E-state index is 0.0925. The first-order valence-electron chi connectivity index (χ1n) is 17.0. The number of carbonyl (C=O) groups is 3. The van der Waals surface area contributed by atoms with Crippen molar-refractivity contribution in [1.82, 2.24) is 0 Å². The van der Waals surface area contributed by atoms with Crippen molar-refractivity contribution < 1.29 is 38.1 Å². The summed E-state index contributed by atoms with van der Waals surface area (Å²) in [6, 6.07) is 21.1. The lowest BCUT2D eigenvalue weighted by Gasteiger charge is -2.13. The molecule has 0 N–H and O–H groups in total. The highest BCUT2D eigenvalue weighted by molar-refractivity contribution is 5.93. The Balaban J connectivity index is 1.39. The molecule has 0 aliphatic heterocycles. The Morgan fingerprint density at radius 1 is 0.553 bits per heavy atom. The fraction of sp³-hybridized carbons (Fsp3) is 0.462. The van der Waals surface area contributed by atoms with E-state index in [1.165, 1.54) is 76.1 Å². The van der Waals surface area contributed by atoms with Crippen molar-refractivity contribution in [2.24, 2.45) is 0 Å². The van der Waals surface area contributed by atoms with Gasteiger partial charge in [0.2, 0.25) is 0 Å². The SMILES string of the molecule is CCCCCCCCCCOc1ccc(-c2ccc(C(=O)Oc3ccc(C(=O)OC(C)C(=O)OCCOCCCC)cc3)cc2)cc1. The molecule has 8 heteroatoms. The van der Waals surface area contributed by atoms with E-state index in [0.29, 0.717) is 18.8 Å². The molecule has 3 rings (SSSR count). The third-order valence-corrected chi connectivity index (χ3v) is 7.61. The van der Waals surface area contributed by atoms with Crippen LogP contribution in [0.1, 0.15) is 106 Å². The monoisotopic (exact) mass is 646 g/mol. The molecule has 0 spiro atoms. The van der Waals surface area contributed by atoms with Crippen LogP contribution in [0.15, 0.2) is 72.8 Å². The van der Waals surface area contributed by atoms with Gasteiger partial charge in [-0.15, -0.1) is 0 Å². The van der Waals surface area contributed by atoms with Gasteiger partial charge in [-0.05, 0) is 79.4 Å². The maximum absolute atomic E-state index is 12.7. The Labute approximate surface area is 279 Å². The lowest BCUT2D eigenvalue weighted by atomic mass is 10.0. The van der Waals surface area contributed by atoms with Crippen molar-refractivity contribution in [1.29, 1.82) is 0 Å². The molecule has 0 bridgehead atoms. The Kier molecular flexibility index (Phi) is 17.1. The summed E-state index contributed by atoms with van der Waals surface area (Å²) < 4.78 is 27.1. The topological polar surface area (TPSA) is 97.4 Å². The normalized spacial score (nSPS) is 11.5. The van der Waals surface area contributed by atoms with Gasteiger partial charge in [0, 0.05) is 6.61 Å². The van der Waals surface area contributed by atoms with Crippen molar-refractivity contribution in [2.75, 3.05) is 26.4 Å². The standard InChI is InChI=1S/C39H50O8/c1-4-6-8-9-10-11-12-13-27-44-35-22-18-32(19-23-35)31-14-16-33(17-15-31)39(42)47-36-24-20-34(21-25-36)38(41)46-30(3)37(40)45-29-28-43-26-7-5-2/h14-25,30H,4-13,26-29H2,1-3H3. The summed E-state index contributed by atoms with van der Waals surface area (Å²) in [5, 5.41) is 0. The molecule has 1 atom stereocenters. The van der Waals surface area contributed by atoms with E-state index in [-0.39, 0.29) is 17.9 Å². The Hall–Kier alpha value is -4.17. The number of rotatable bonds is 22. The van der Waals surface area contributed by atoms with Crippen LogP contribution in [-0.4, -0.2) is 50.4 Å². The van der Waals surface area contributed by atoms with Crippen LogP contribution in [0, 0.1) is 0 Å². The molecule has 0 aromatic heterocycles. The fourth-order valence-corrected chi connectivity index (χ4v) is 4.74. The van der Waals surface area contributed by atoms with E-state index in [1.807, 2.05) is 36.4 Å². The van der Waals surface area contributed by atoms with E-state index < -0.39 is 24.0 Å². The average Bonchev–Trinajstić information content (AvgIpc) is 3.09. The summed E-state index contributed by atoms with van der Waals surface area (Å²) in [6.45, 7) is 7.47. The Bertz CT molecular complexity index is 1330. The van der Waals surface area contributed by atoms with Crippen molar-refractivity contribution in [3.05, 3.63) is 83.9 Å². The third kappa shape index (κ3) is 14.0. The Morgan fingerprint density at radius 3 is 1.72 bits per heavy atom. The highest BCUT2D eigenvalue weighted by atomic mass is 16.6. The second-order valence-electron chi connectivity index (χ2n) is 11.5. The van der Waals surface area contributed by atoms with Crippen LogP contribution in [0.4, 0.5) is 0 Å². The quantitative estimate of drug-likeness (QED) is 0.0606. The largest absolute Gasteiger partial charge is 0.494 e. The molecule has 3 aromatic carbocycles. The summed E-state index contributed by atoms with van der Waals surface area (Å²) in [6.07, 6.45) is 11.1. The maximum Gasteiger partial charge on any atom is 0.347 e. The van der Waals surface area contributed by atoms with Gasteiger partial charge in [-0.2, -0.15) is 0 Å². The van der Waals surface area contributed by atoms with E-state index in [0.717, 1.165) is 42.7 Å². The number of hydrogen-bond donors (Lipinski definition) is 0. The summed E-state index contributed by atoms with van der Waals surface area (Å²) in [5.74, 6) is -0.734. The van der Waals surface area contributed by atoms with Crippen LogP contribution in [0.2, 0.25) is 0 Å². The lowest BCUT2D eigenvalue weighted by Crippen LogP contribution is -2.27. The second-order valence-corrected chi connectivity index (χ2v) is 11.5. The van der Waals surface area contributed by atoms with Crippen molar-refractivity contribution >= 4 is 17.9 Å². The number of esters is 3.